The van der Waals surface area contributed by atoms with Crippen molar-refractivity contribution in [2.24, 2.45) is 0 Å². The van der Waals surface area contributed by atoms with Crippen LogP contribution >= 0.6 is 11.3 Å². The first-order valence-corrected chi connectivity index (χ1v) is 10.2. The molecule has 1 aromatic carbocycles. The molecule has 7 nitrogen and oxygen atoms in total. The summed E-state index contributed by atoms with van der Waals surface area (Å²) in [5, 5.41) is 6.88. The van der Waals surface area contributed by atoms with Gasteiger partial charge in [0.2, 0.25) is 0 Å². The predicted molar refractivity (Wildman–Crippen MR) is 114 cm³/mol. The number of thiazole rings is 1. The normalized spacial score (nSPS) is 11.5. The summed E-state index contributed by atoms with van der Waals surface area (Å²) in [7, 11) is 0. The van der Waals surface area contributed by atoms with E-state index >= 15 is 0 Å². The summed E-state index contributed by atoms with van der Waals surface area (Å²) in [5.74, 6) is 0.575. The molecule has 0 aliphatic heterocycles. The lowest BCUT2D eigenvalue weighted by Crippen LogP contribution is -2.42. The summed E-state index contributed by atoms with van der Waals surface area (Å²) >= 11 is 1.48. The van der Waals surface area contributed by atoms with Crippen molar-refractivity contribution >= 4 is 38.4 Å². The molecule has 0 radical (unpaired) electrons. The Morgan fingerprint density at radius 3 is 2.64 bits per heavy atom. The smallest absolute Gasteiger partial charge is 0.251 e. The highest BCUT2D eigenvalue weighted by molar-refractivity contribution is 7.22. The molecule has 1 amide bonds. The Kier molecular flexibility index (Phi) is 6.53. The van der Waals surface area contributed by atoms with Gasteiger partial charge in [0.25, 0.3) is 5.91 Å². The number of hydrogen-bond donors (Lipinski definition) is 2. The largest absolute Gasteiger partial charge is 0.351 e. The molecule has 0 aliphatic carbocycles. The van der Waals surface area contributed by atoms with E-state index in [1.54, 1.807) is 18.6 Å². The Morgan fingerprint density at radius 1 is 1.18 bits per heavy atom. The van der Waals surface area contributed by atoms with E-state index in [9.17, 15) is 4.79 Å². The highest BCUT2D eigenvalue weighted by atomic mass is 32.1. The van der Waals surface area contributed by atoms with Crippen molar-refractivity contribution in [3.8, 4) is 0 Å². The van der Waals surface area contributed by atoms with Crippen LogP contribution in [0.25, 0.3) is 10.2 Å². The molecule has 3 aromatic rings. The molecule has 0 unspecified atom stereocenters. The van der Waals surface area contributed by atoms with Crippen LogP contribution in [-0.4, -0.2) is 50.9 Å². The number of amides is 1. The SMILES string of the molecule is CC(C)N(CCNC(=O)c1ccc2nc(Nc3cnccn3)sc2c1)C(C)C. The zero-order chi connectivity index (χ0) is 20.1. The Balaban J connectivity index is 1.64. The minimum atomic E-state index is -0.0637. The fourth-order valence-electron chi connectivity index (χ4n) is 3.11. The second-order valence-electron chi connectivity index (χ2n) is 7.10. The van der Waals surface area contributed by atoms with Gasteiger partial charge in [0.05, 0.1) is 16.4 Å². The molecule has 2 aromatic heterocycles. The maximum absolute atomic E-state index is 12.5. The van der Waals surface area contributed by atoms with Crippen LogP contribution in [0.1, 0.15) is 38.1 Å². The molecule has 28 heavy (non-hydrogen) atoms. The van der Waals surface area contributed by atoms with E-state index < -0.39 is 0 Å². The lowest BCUT2D eigenvalue weighted by molar-refractivity contribution is 0.0939. The Bertz CT molecular complexity index is 917. The first kappa shape index (κ1) is 20.2. The minimum absolute atomic E-state index is 0.0637. The summed E-state index contributed by atoms with van der Waals surface area (Å²) in [6, 6.07) is 6.46. The number of fused-ring (bicyclic) bond motifs is 1. The lowest BCUT2D eigenvalue weighted by atomic mass is 10.2. The number of rotatable bonds is 8. The molecular weight excluding hydrogens is 372 g/mol. The van der Waals surface area contributed by atoms with Gasteiger partial charge >= 0.3 is 0 Å². The molecule has 0 saturated heterocycles. The number of carbonyl (C=O) groups excluding carboxylic acids is 1. The third-order valence-corrected chi connectivity index (χ3v) is 5.36. The van der Waals surface area contributed by atoms with E-state index in [0.717, 1.165) is 21.9 Å². The van der Waals surface area contributed by atoms with Gasteiger partial charge in [-0.25, -0.2) is 9.97 Å². The summed E-state index contributed by atoms with van der Waals surface area (Å²) in [6.07, 6.45) is 4.89. The molecule has 0 fully saturated rings. The van der Waals surface area contributed by atoms with Gasteiger partial charge in [0.1, 0.15) is 0 Å². The first-order valence-electron chi connectivity index (χ1n) is 9.41. The van der Waals surface area contributed by atoms with Gasteiger partial charge in [-0.3, -0.25) is 14.7 Å². The number of benzene rings is 1. The second-order valence-corrected chi connectivity index (χ2v) is 8.13. The molecule has 3 rings (SSSR count). The van der Waals surface area contributed by atoms with Crippen LogP contribution < -0.4 is 10.6 Å². The number of nitrogens with one attached hydrogen (secondary N) is 2. The standard InChI is InChI=1S/C20H26N6OS/c1-13(2)26(14(3)4)10-9-23-19(27)15-5-6-16-17(11-15)28-20(24-16)25-18-12-21-7-8-22-18/h5-8,11-14H,9-10H2,1-4H3,(H,23,27)(H,22,24,25). The van der Waals surface area contributed by atoms with Crippen LogP contribution in [0, 0.1) is 0 Å². The number of aromatic nitrogens is 3. The summed E-state index contributed by atoms with van der Waals surface area (Å²) in [4.78, 5) is 27.6. The monoisotopic (exact) mass is 398 g/mol. The predicted octanol–water partition coefficient (Wildman–Crippen LogP) is 3.68. The fraction of sp³-hybridized carbons (Fsp3) is 0.400. The average Bonchev–Trinajstić information content (AvgIpc) is 3.06. The van der Waals surface area contributed by atoms with Crippen molar-refractivity contribution in [3.05, 3.63) is 42.4 Å². The van der Waals surface area contributed by atoms with Crippen molar-refractivity contribution in [2.45, 2.75) is 39.8 Å². The molecular formula is C20H26N6OS. The summed E-state index contributed by atoms with van der Waals surface area (Å²) < 4.78 is 0.949. The second kappa shape index (κ2) is 9.07. The van der Waals surface area contributed by atoms with E-state index in [0.29, 0.717) is 30.0 Å². The maximum atomic E-state index is 12.5. The van der Waals surface area contributed by atoms with Crippen LogP contribution in [0.4, 0.5) is 10.9 Å². The highest BCUT2D eigenvalue weighted by Gasteiger charge is 2.14. The molecule has 2 heterocycles. The van der Waals surface area contributed by atoms with Gasteiger partial charge in [-0.1, -0.05) is 11.3 Å². The van der Waals surface area contributed by atoms with Gasteiger partial charge in [0.15, 0.2) is 10.9 Å². The van der Waals surface area contributed by atoms with Gasteiger partial charge < -0.3 is 10.6 Å². The van der Waals surface area contributed by atoms with Gasteiger partial charge in [0, 0.05) is 43.1 Å². The van der Waals surface area contributed by atoms with Crippen molar-refractivity contribution in [1.82, 2.24) is 25.2 Å². The van der Waals surface area contributed by atoms with Crippen molar-refractivity contribution in [1.29, 1.82) is 0 Å². The van der Waals surface area contributed by atoms with Gasteiger partial charge in [-0.2, -0.15) is 0 Å². The number of anilines is 2. The van der Waals surface area contributed by atoms with Crippen molar-refractivity contribution < 1.29 is 4.79 Å². The van der Waals surface area contributed by atoms with Gasteiger partial charge in [-0.05, 0) is 45.9 Å². The number of nitrogens with zero attached hydrogens (tertiary/aromatic N) is 4. The molecule has 0 bridgehead atoms. The molecule has 0 aliphatic rings. The molecule has 148 valence electrons. The topological polar surface area (TPSA) is 83.0 Å². The Hall–Kier alpha value is -2.58. The maximum Gasteiger partial charge on any atom is 0.251 e. The third-order valence-electron chi connectivity index (χ3n) is 4.43. The fourth-order valence-corrected chi connectivity index (χ4v) is 4.02. The molecule has 8 heteroatoms. The lowest BCUT2D eigenvalue weighted by Gasteiger charge is -2.30. The first-order chi connectivity index (χ1) is 13.4. The van der Waals surface area contributed by atoms with E-state index in [1.807, 2.05) is 18.2 Å². The zero-order valence-electron chi connectivity index (χ0n) is 16.6. The third kappa shape index (κ3) is 5.02. The Morgan fingerprint density at radius 2 is 1.96 bits per heavy atom. The van der Waals surface area contributed by atoms with Crippen molar-refractivity contribution in [3.63, 3.8) is 0 Å². The van der Waals surface area contributed by atoms with Crippen molar-refractivity contribution in [2.75, 3.05) is 18.4 Å². The quantitative estimate of drug-likeness (QED) is 0.602. The van der Waals surface area contributed by atoms with Crippen LogP contribution in [0.2, 0.25) is 0 Å². The summed E-state index contributed by atoms with van der Waals surface area (Å²) in [6.45, 7) is 10.1. The molecule has 0 saturated carbocycles. The van der Waals surface area contributed by atoms with Crippen LogP contribution in [0.15, 0.2) is 36.8 Å². The number of carbonyl (C=O) groups is 1. The highest BCUT2D eigenvalue weighted by Crippen LogP contribution is 2.28. The van der Waals surface area contributed by atoms with Crippen LogP contribution in [0.5, 0.6) is 0 Å². The minimum Gasteiger partial charge on any atom is -0.351 e. The molecule has 0 spiro atoms. The van der Waals surface area contributed by atoms with E-state index in [2.05, 4.69) is 58.2 Å². The molecule has 0 atom stereocenters. The van der Waals surface area contributed by atoms with E-state index in [4.69, 9.17) is 0 Å². The molecule has 2 N–H and O–H groups in total. The number of hydrogen-bond acceptors (Lipinski definition) is 7. The average molecular weight is 399 g/mol. The summed E-state index contributed by atoms with van der Waals surface area (Å²) in [5.41, 5.74) is 1.49. The zero-order valence-corrected chi connectivity index (χ0v) is 17.5. The van der Waals surface area contributed by atoms with Crippen LogP contribution in [-0.2, 0) is 0 Å². The van der Waals surface area contributed by atoms with E-state index in [1.165, 1.54) is 11.3 Å². The Labute approximate surface area is 169 Å². The van der Waals surface area contributed by atoms with E-state index in [-0.39, 0.29) is 5.91 Å². The van der Waals surface area contributed by atoms with Gasteiger partial charge in [-0.15, -0.1) is 0 Å². The van der Waals surface area contributed by atoms with Crippen LogP contribution in [0.3, 0.4) is 0 Å².